The second-order valence-electron chi connectivity index (χ2n) is 5.98. The number of hydrogen-bond acceptors (Lipinski definition) is 5. The number of nitrogens with zero attached hydrogens (tertiary/aromatic N) is 1. The minimum Gasteiger partial charge on any atom is -0.448 e. The molecule has 2 rings (SSSR count). The second kappa shape index (κ2) is 11.7. The Morgan fingerprint density at radius 2 is 1.38 bits per heavy atom. The summed E-state index contributed by atoms with van der Waals surface area (Å²) in [5, 5.41) is 25.6. The van der Waals surface area contributed by atoms with Gasteiger partial charge in [-0.1, -0.05) is 13.8 Å². The van der Waals surface area contributed by atoms with Crippen LogP contribution in [0.1, 0.15) is 43.4 Å². The average molecular weight is 487 g/mol. The molecular formula is C18H22F9NO4. The zero-order valence-electron chi connectivity index (χ0n) is 17.0. The first kappa shape index (κ1) is 29.9. The molecule has 0 fully saturated rings. The largest absolute Gasteiger partial charge is 0.448 e. The molecule has 14 heteroatoms. The van der Waals surface area contributed by atoms with E-state index in [9.17, 15) is 44.6 Å². The number of halogens is 9. The molecule has 0 saturated heterocycles. The summed E-state index contributed by atoms with van der Waals surface area (Å²) in [6.45, 7) is 4.00. The number of aliphatic imine (C=N–C) groups is 1. The van der Waals surface area contributed by atoms with Gasteiger partial charge in [0.15, 0.2) is 6.10 Å². The number of ether oxygens (including phenoxy) is 1. The van der Waals surface area contributed by atoms with Crippen molar-refractivity contribution in [1.82, 2.24) is 0 Å². The normalized spacial score (nSPS) is 20.0. The molecule has 1 aromatic carbocycles. The monoisotopic (exact) mass is 487 g/mol. The molecule has 186 valence electrons. The van der Waals surface area contributed by atoms with Crippen molar-refractivity contribution in [3.05, 3.63) is 34.9 Å². The van der Waals surface area contributed by atoms with Gasteiger partial charge in [0, 0.05) is 25.5 Å². The Balaban J connectivity index is 0.00000227. The minimum absolute atomic E-state index is 0.145. The number of hydrogen-bond donors (Lipinski definition) is 3. The molecule has 1 aromatic rings. The van der Waals surface area contributed by atoms with Crippen LogP contribution in [0.4, 0.5) is 39.5 Å². The molecule has 0 radical (unpaired) electrons. The standard InChI is InChI=1S/C15H12F9NO3.C2H6.CH4O/c16-13(17,18)7-1-6(2-8(3-7)14(19,20)21)12-25-9(5-11(27)28-12)4-10(26)15(22,23)24;2*1-2/h1-3,9-11,26-27H,4-5H2;1-2H3;2H,1H3. The Morgan fingerprint density at radius 3 is 1.75 bits per heavy atom. The molecule has 0 aromatic heterocycles. The lowest BCUT2D eigenvalue weighted by molar-refractivity contribution is -0.207. The summed E-state index contributed by atoms with van der Waals surface area (Å²) in [6.07, 6.45) is -21.6. The summed E-state index contributed by atoms with van der Waals surface area (Å²) in [5.41, 5.74) is -4.20. The van der Waals surface area contributed by atoms with Gasteiger partial charge in [0.25, 0.3) is 0 Å². The fourth-order valence-electron chi connectivity index (χ4n) is 2.42. The first-order chi connectivity index (χ1) is 14.6. The van der Waals surface area contributed by atoms with Crippen molar-refractivity contribution >= 4 is 5.90 Å². The van der Waals surface area contributed by atoms with Crippen molar-refractivity contribution in [2.45, 2.75) is 63.7 Å². The number of rotatable bonds is 3. The van der Waals surface area contributed by atoms with Crippen LogP contribution in [0.3, 0.4) is 0 Å². The van der Waals surface area contributed by atoms with Crippen LogP contribution in [0.5, 0.6) is 0 Å². The Hall–Kier alpha value is -2.06. The van der Waals surface area contributed by atoms with E-state index in [2.05, 4.69) is 4.99 Å². The summed E-state index contributed by atoms with van der Waals surface area (Å²) in [6, 6.07) is -1.06. The Morgan fingerprint density at radius 1 is 0.938 bits per heavy atom. The van der Waals surface area contributed by atoms with Gasteiger partial charge < -0.3 is 20.1 Å². The molecule has 0 spiro atoms. The molecule has 0 aliphatic carbocycles. The van der Waals surface area contributed by atoms with Gasteiger partial charge in [-0.2, -0.15) is 39.5 Å². The lowest BCUT2D eigenvalue weighted by Crippen LogP contribution is -2.36. The maximum Gasteiger partial charge on any atom is 0.416 e. The van der Waals surface area contributed by atoms with Crippen LogP contribution in [-0.2, 0) is 17.1 Å². The highest BCUT2D eigenvalue weighted by Gasteiger charge is 2.41. The van der Waals surface area contributed by atoms with Crippen molar-refractivity contribution in [3.8, 4) is 0 Å². The third kappa shape index (κ3) is 8.82. The molecule has 3 unspecified atom stereocenters. The van der Waals surface area contributed by atoms with Crippen LogP contribution in [0.2, 0.25) is 0 Å². The van der Waals surface area contributed by atoms with Crippen molar-refractivity contribution in [1.29, 1.82) is 0 Å². The fourth-order valence-corrected chi connectivity index (χ4v) is 2.42. The fraction of sp³-hybridized carbons (Fsp3) is 0.611. The maximum absolute atomic E-state index is 12.9. The Kier molecular flexibility index (Phi) is 10.9. The van der Waals surface area contributed by atoms with Gasteiger partial charge in [0.05, 0.1) is 17.2 Å². The predicted molar refractivity (Wildman–Crippen MR) is 94.6 cm³/mol. The van der Waals surface area contributed by atoms with E-state index < -0.39 is 72.4 Å². The van der Waals surface area contributed by atoms with Gasteiger partial charge >= 0.3 is 18.5 Å². The SMILES string of the molecule is CC.CO.OC1CC(CC(O)C(F)(F)F)N=C(c2cc(C(F)(F)F)cc(C(F)(F)F)c2)O1. The van der Waals surface area contributed by atoms with E-state index in [-0.39, 0.29) is 18.2 Å². The molecule has 0 amide bonds. The van der Waals surface area contributed by atoms with Crippen LogP contribution in [0.25, 0.3) is 0 Å². The second-order valence-corrected chi connectivity index (χ2v) is 5.98. The van der Waals surface area contributed by atoms with Gasteiger partial charge in [0.1, 0.15) is 0 Å². The quantitative estimate of drug-likeness (QED) is 0.548. The van der Waals surface area contributed by atoms with Crippen molar-refractivity contribution < 1.29 is 59.6 Å². The topological polar surface area (TPSA) is 82.3 Å². The van der Waals surface area contributed by atoms with E-state index in [1.165, 1.54) is 0 Å². The number of benzene rings is 1. The van der Waals surface area contributed by atoms with E-state index in [1.54, 1.807) is 0 Å². The van der Waals surface area contributed by atoms with E-state index in [4.69, 9.17) is 14.9 Å². The zero-order chi connectivity index (χ0) is 25.5. The summed E-state index contributed by atoms with van der Waals surface area (Å²) in [5.74, 6) is -0.894. The molecule has 1 aliphatic heterocycles. The van der Waals surface area contributed by atoms with E-state index in [1.807, 2.05) is 13.8 Å². The van der Waals surface area contributed by atoms with Crippen LogP contribution in [-0.4, -0.2) is 52.9 Å². The third-order valence-corrected chi connectivity index (χ3v) is 3.73. The molecule has 1 aliphatic rings. The van der Waals surface area contributed by atoms with Gasteiger partial charge in [0.2, 0.25) is 12.2 Å². The summed E-state index contributed by atoms with van der Waals surface area (Å²) in [4.78, 5) is 3.54. The van der Waals surface area contributed by atoms with E-state index in [0.717, 1.165) is 7.11 Å². The Labute approximate surface area is 177 Å². The molecule has 3 N–H and O–H groups in total. The van der Waals surface area contributed by atoms with Gasteiger partial charge in [-0.3, -0.25) is 0 Å². The molecule has 0 bridgehead atoms. The van der Waals surface area contributed by atoms with Crippen molar-refractivity contribution in [2.75, 3.05) is 7.11 Å². The molecule has 0 saturated carbocycles. The van der Waals surface area contributed by atoms with Crippen molar-refractivity contribution in [3.63, 3.8) is 0 Å². The molecule has 1 heterocycles. The minimum atomic E-state index is -5.16. The maximum atomic E-state index is 12.9. The summed E-state index contributed by atoms with van der Waals surface area (Å²) >= 11 is 0. The van der Waals surface area contributed by atoms with Crippen LogP contribution < -0.4 is 0 Å². The third-order valence-electron chi connectivity index (χ3n) is 3.73. The van der Waals surface area contributed by atoms with Gasteiger partial charge in [-0.15, -0.1) is 0 Å². The summed E-state index contributed by atoms with van der Waals surface area (Å²) in [7, 11) is 1.00. The average Bonchev–Trinajstić information content (AvgIpc) is 2.68. The molecule has 32 heavy (non-hydrogen) atoms. The highest BCUT2D eigenvalue weighted by atomic mass is 19.4. The van der Waals surface area contributed by atoms with Crippen LogP contribution in [0.15, 0.2) is 23.2 Å². The van der Waals surface area contributed by atoms with Gasteiger partial charge in [-0.25, -0.2) is 4.99 Å². The highest BCUT2D eigenvalue weighted by molar-refractivity contribution is 5.95. The van der Waals surface area contributed by atoms with Crippen LogP contribution >= 0.6 is 0 Å². The number of aliphatic hydroxyl groups excluding tert-OH is 3. The van der Waals surface area contributed by atoms with Gasteiger partial charge in [-0.05, 0) is 18.2 Å². The number of aliphatic hydroxyl groups is 3. The molecule has 3 atom stereocenters. The van der Waals surface area contributed by atoms with E-state index >= 15 is 0 Å². The Bertz CT molecular complexity index is 713. The van der Waals surface area contributed by atoms with Crippen molar-refractivity contribution in [2.24, 2.45) is 4.99 Å². The first-order valence-corrected chi connectivity index (χ1v) is 8.99. The number of alkyl halides is 9. The predicted octanol–water partition coefficient (Wildman–Crippen LogP) is 4.53. The first-order valence-electron chi connectivity index (χ1n) is 8.99. The highest BCUT2D eigenvalue weighted by Crippen LogP contribution is 2.37. The molecule has 5 nitrogen and oxygen atoms in total. The summed E-state index contributed by atoms with van der Waals surface area (Å²) < 4.78 is 119. The lowest BCUT2D eigenvalue weighted by Gasteiger charge is -2.27. The van der Waals surface area contributed by atoms with Crippen LogP contribution in [0, 0.1) is 0 Å². The lowest BCUT2D eigenvalue weighted by atomic mass is 10.0. The smallest absolute Gasteiger partial charge is 0.416 e. The zero-order valence-corrected chi connectivity index (χ0v) is 17.0. The molecular weight excluding hydrogens is 465 g/mol. The van der Waals surface area contributed by atoms with E-state index in [0.29, 0.717) is 0 Å².